The molecule has 1 aromatic rings. The van der Waals surface area contributed by atoms with Crippen LogP contribution in [-0.4, -0.2) is 35.3 Å². The summed E-state index contributed by atoms with van der Waals surface area (Å²) in [6.07, 6.45) is 6.05. The van der Waals surface area contributed by atoms with Gasteiger partial charge in [0, 0.05) is 32.4 Å². The highest BCUT2D eigenvalue weighted by atomic mass is 16.3. The number of nitrogens with one attached hydrogen (secondary N) is 1. The van der Waals surface area contributed by atoms with Gasteiger partial charge in [0.25, 0.3) is 0 Å². The second kappa shape index (κ2) is 7.04. The van der Waals surface area contributed by atoms with E-state index in [2.05, 4.69) is 27.3 Å². The molecule has 0 aromatic carbocycles. The Morgan fingerprint density at radius 1 is 1.25 bits per heavy atom. The Bertz CT molecular complexity index is 395. The van der Waals surface area contributed by atoms with Crippen LogP contribution in [0.1, 0.15) is 45.1 Å². The van der Waals surface area contributed by atoms with Crippen LogP contribution in [0.2, 0.25) is 0 Å². The molecule has 1 aromatic heterocycles. The van der Waals surface area contributed by atoms with Crippen LogP contribution in [0.3, 0.4) is 0 Å². The molecule has 112 valence electrons. The Labute approximate surface area is 122 Å². The third kappa shape index (κ3) is 3.93. The molecule has 0 aliphatic carbocycles. The largest absolute Gasteiger partial charge is 0.389 e. The molecule has 1 aliphatic heterocycles. The molecule has 0 saturated carbocycles. The molecule has 0 atom stereocenters. The van der Waals surface area contributed by atoms with Crippen LogP contribution in [0.25, 0.3) is 0 Å². The van der Waals surface area contributed by atoms with Gasteiger partial charge in [-0.05, 0) is 37.3 Å². The second-order valence-corrected chi connectivity index (χ2v) is 5.75. The molecule has 20 heavy (non-hydrogen) atoms. The number of pyridine rings is 1. The number of nitrogens with zero attached hydrogens (tertiary/aromatic N) is 2. The van der Waals surface area contributed by atoms with E-state index >= 15 is 0 Å². The van der Waals surface area contributed by atoms with Crippen molar-refractivity contribution in [2.75, 3.05) is 24.5 Å². The zero-order valence-electron chi connectivity index (χ0n) is 12.7. The molecule has 0 radical (unpaired) electrons. The molecule has 2 rings (SSSR count). The minimum absolute atomic E-state index is 0.580. The number of aliphatic hydroxyl groups is 1. The zero-order chi connectivity index (χ0) is 14.4. The van der Waals surface area contributed by atoms with E-state index in [4.69, 9.17) is 0 Å². The van der Waals surface area contributed by atoms with Crippen molar-refractivity contribution in [1.82, 2.24) is 10.3 Å². The maximum Gasteiger partial charge on any atom is 0.128 e. The Kier molecular flexibility index (Phi) is 5.38. The normalized spacial score (nSPS) is 15.8. The monoisotopic (exact) mass is 277 g/mol. The van der Waals surface area contributed by atoms with Crippen molar-refractivity contribution in [3.8, 4) is 0 Å². The second-order valence-electron chi connectivity index (χ2n) is 5.75. The van der Waals surface area contributed by atoms with E-state index < -0.39 is 5.60 Å². The minimum atomic E-state index is -0.580. The highest BCUT2D eigenvalue weighted by Gasteiger charge is 2.21. The number of anilines is 1. The lowest BCUT2D eigenvalue weighted by Gasteiger charge is -2.25. The van der Waals surface area contributed by atoms with Crippen LogP contribution < -0.4 is 10.2 Å². The van der Waals surface area contributed by atoms with Crippen LogP contribution >= 0.6 is 0 Å². The molecular formula is C16H27N3O. The average Bonchev–Trinajstić information content (AvgIpc) is 3.02. The fraction of sp³-hybridized carbons (Fsp3) is 0.688. The molecule has 1 saturated heterocycles. The van der Waals surface area contributed by atoms with E-state index in [1.165, 1.54) is 18.4 Å². The van der Waals surface area contributed by atoms with Crippen molar-refractivity contribution < 1.29 is 5.11 Å². The molecule has 0 unspecified atom stereocenters. The summed E-state index contributed by atoms with van der Waals surface area (Å²) in [5.74, 6) is 1.09. The van der Waals surface area contributed by atoms with Crippen LogP contribution in [0, 0.1) is 0 Å². The van der Waals surface area contributed by atoms with Crippen LogP contribution in [0.4, 0.5) is 5.82 Å². The summed E-state index contributed by atoms with van der Waals surface area (Å²) in [4.78, 5) is 6.88. The quantitative estimate of drug-likeness (QED) is 0.803. The van der Waals surface area contributed by atoms with Crippen LogP contribution in [0.5, 0.6) is 0 Å². The fourth-order valence-electron chi connectivity index (χ4n) is 2.59. The van der Waals surface area contributed by atoms with Gasteiger partial charge in [-0.25, -0.2) is 4.98 Å². The Morgan fingerprint density at radius 3 is 2.50 bits per heavy atom. The van der Waals surface area contributed by atoms with Gasteiger partial charge < -0.3 is 15.3 Å². The molecular weight excluding hydrogens is 250 g/mol. The average molecular weight is 277 g/mol. The molecule has 1 aliphatic rings. The van der Waals surface area contributed by atoms with Crippen molar-refractivity contribution in [1.29, 1.82) is 0 Å². The van der Waals surface area contributed by atoms with Crippen molar-refractivity contribution in [3.05, 3.63) is 23.9 Å². The third-order valence-corrected chi connectivity index (χ3v) is 4.34. The summed E-state index contributed by atoms with van der Waals surface area (Å²) in [7, 11) is 0. The molecule has 1 fully saturated rings. The first-order valence-electron chi connectivity index (χ1n) is 7.80. The predicted molar refractivity (Wildman–Crippen MR) is 82.9 cm³/mol. The van der Waals surface area contributed by atoms with E-state index in [0.717, 1.165) is 38.3 Å². The lowest BCUT2D eigenvalue weighted by Crippen LogP contribution is -2.39. The maximum absolute atomic E-state index is 10.2. The van der Waals surface area contributed by atoms with Gasteiger partial charge in [0.1, 0.15) is 5.82 Å². The summed E-state index contributed by atoms with van der Waals surface area (Å²) < 4.78 is 0. The molecule has 4 nitrogen and oxygen atoms in total. The first kappa shape index (κ1) is 15.3. The van der Waals surface area contributed by atoms with E-state index in [1.807, 2.05) is 20.0 Å². The van der Waals surface area contributed by atoms with E-state index in [1.54, 1.807) is 0 Å². The predicted octanol–water partition coefficient (Wildman–Crippen LogP) is 2.32. The summed E-state index contributed by atoms with van der Waals surface area (Å²) in [6.45, 7) is 7.70. The maximum atomic E-state index is 10.2. The van der Waals surface area contributed by atoms with E-state index in [9.17, 15) is 5.11 Å². The molecule has 2 N–H and O–H groups in total. The minimum Gasteiger partial charge on any atom is -0.389 e. The van der Waals surface area contributed by atoms with Crippen molar-refractivity contribution in [2.45, 2.75) is 51.7 Å². The summed E-state index contributed by atoms with van der Waals surface area (Å²) in [6, 6.07) is 4.23. The first-order valence-corrected chi connectivity index (χ1v) is 7.80. The number of hydrogen-bond acceptors (Lipinski definition) is 4. The highest BCUT2D eigenvalue weighted by molar-refractivity contribution is 5.40. The Morgan fingerprint density at radius 2 is 1.95 bits per heavy atom. The van der Waals surface area contributed by atoms with Gasteiger partial charge in [-0.15, -0.1) is 0 Å². The zero-order valence-corrected chi connectivity index (χ0v) is 12.7. The molecule has 0 spiro atoms. The molecule has 0 bridgehead atoms. The van der Waals surface area contributed by atoms with Crippen molar-refractivity contribution in [2.24, 2.45) is 0 Å². The first-order chi connectivity index (χ1) is 9.67. The number of rotatable bonds is 7. The van der Waals surface area contributed by atoms with Crippen molar-refractivity contribution in [3.63, 3.8) is 0 Å². The SMILES string of the molecule is CCC(O)(CC)CNCc1ccc(N2CCCC2)nc1. The number of aromatic nitrogens is 1. The number of hydrogen-bond donors (Lipinski definition) is 2. The fourth-order valence-corrected chi connectivity index (χ4v) is 2.59. The van der Waals surface area contributed by atoms with Gasteiger partial charge in [-0.1, -0.05) is 19.9 Å². The lowest BCUT2D eigenvalue weighted by molar-refractivity contribution is 0.0323. The molecule has 4 heteroatoms. The smallest absolute Gasteiger partial charge is 0.128 e. The lowest BCUT2D eigenvalue weighted by atomic mass is 9.97. The molecule has 0 amide bonds. The highest BCUT2D eigenvalue weighted by Crippen LogP contribution is 2.18. The van der Waals surface area contributed by atoms with Gasteiger partial charge in [0.05, 0.1) is 5.60 Å². The summed E-state index contributed by atoms with van der Waals surface area (Å²) >= 11 is 0. The van der Waals surface area contributed by atoms with Gasteiger partial charge in [-0.3, -0.25) is 0 Å². The van der Waals surface area contributed by atoms with Crippen molar-refractivity contribution >= 4 is 5.82 Å². The summed E-state index contributed by atoms with van der Waals surface area (Å²) in [5, 5.41) is 13.5. The van der Waals surface area contributed by atoms with Gasteiger partial charge in [-0.2, -0.15) is 0 Å². The van der Waals surface area contributed by atoms with E-state index in [0.29, 0.717) is 6.54 Å². The van der Waals surface area contributed by atoms with Gasteiger partial charge in [0.2, 0.25) is 0 Å². The van der Waals surface area contributed by atoms with Gasteiger partial charge >= 0.3 is 0 Å². The standard InChI is InChI=1S/C16H27N3O/c1-3-16(20,4-2)13-17-11-14-7-8-15(18-12-14)19-9-5-6-10-19/h7-8,12,17,20H,3-6,9-11,13H2,1-2H3. The molecule has 2 heterocycles. The Balaban J connectivity index is 1.81. The van der Waals surface area contributed by atoms with Crippen LogP contribution in [-0.2, 0) is 6.54 Å². The van der Waals surface area contributed by atoms with Gasteiger partial charge in [0.15, 0.2) is 0 Å². The summed E-state index contributed by atoms with van der Waals surface area (Å²) in [5.41, 5.74) is 0.589. The Hall–Kier alpha value is -1.13. The van der Waals surface area contributed by atoms with Crippen LogP contribution in [0.15, 0.2) is 18.3 Å². The third-order valence-electron chi connectivity index (χ3n) is 4.34. The van der Waals surface area contributed by atoms with E-state index in [-0.39, 0.29) is 0 Å². The topological polar surface area (TPSA) is 48.4 Å².